The van der Waals surface area contributed by atoms with Crippen LogP contribution in [0.4, 0.5) is 5.82 Å². The van der Waals surface area contributed by atoms with Crippen molar-refractivity contribution in [1.29, 1.82) is 0 Å². The third kappa shape index (κ3) is 4.68. The minimum Gasteiger partial charge on any atom is -0.354 e. The SMILES string of the molecule is CC(C)NCC(C(C)C)N1CCN(c2ccccn2)CC1. The molecule has 1 unspecified atom stereocenters. The molecule has 1 saturated heterocycles. The average molecular weight is 290 g/mol. The zero-order chi connectivity index (χ0) is 15.2. The van der Waals surface area contributed by atoms with Gasteiger partial charge in [-0.25, -0.2) is 4.98 Å². The number of hydrogen-bond acceptors (Lipinski definition) is 4. The molecule has 21 heavy (non-hydrogen) atoms. The Hall–Kier alpha value is -1.13. The number of nitrogens with zero attached hydrogens (tertiary/aromatic N) is 3. The smallest absolute Gasteiger partial charge is 0.128 e. The molecule has 0 radical (unpaired) electrons. The molecule has 1 aromatic heterocycles. The molecule has 1 aliphatic heterocycles. The maximum Gasteiger partial charge on any atom is 0.128 e. The van der Waals surface area contributed by atoms with E-state index in [1.807, 2.05) is 12.3 Å². The van der Waals surface area contributed by atoms with Crippen molar-refractivity contribution in [2.24, 2.45) is 5.92 Å². The Bertz CT molecular complexity index is 397. The summed E-state index contributed by atoms with van der Waals surface area (Å²) in [7, 11) is 0. The molecular formula is C17H30N4. The first-order valence-corrected chi connectivity index (χ1v) is 8.21. The first kappa shape index (κ1) is 16.2. The molecule has 0 aromatic carbocycles. The first-order valence-electron chi connectivity index (χ1n) is 8.21. The van der Waals surface area contributed by atoms with Crippen LogP contribution in [0.2, 0.25) is 0 Å². The largest absolute Gasteiger partial charge is 0.354 e. The van der Waals surface area contributed by atoms with Crippen molar-refractivity contribution in [2.45, 2.75) is 39.8 Å². The number of aromatic nitrogens is 1. The van der Waals surface area contributed by atoms with E-state index in [0.717, 1.165) is 38.5 Å². The number of hydrogen-bond donors (Lipinski definition) is 1. The number of rotatable bonds is 6. The molecule has 0 saturated carbocycles. The van der Waals surface area contributed by atoms with Gasteiger partial charge in [-0.2, -0.15) is 0 Å². The second-order valence-electron chi connectivity index (χ2n) is 6.59. The molecule has 0 bridgehead atoms. The van der Waals surface area contributed by atoms with Crippen molar-refractivity contribution in [2.75, 3.05) is 37.6 Å². The Kier molecular flexibility index (Phi) is 6.00. The minimum absolute atomic E-state index is 0.557. The van der Waals surface area contributed by atoms with Gasteiger partial charge in [0.05, 0.1) is 0 Å². The fourth-order valence-electron chi connectivity index (χ4n) is 2.97. The summed E-state index contributed by atoms with van der Waals surface area (Å²) in [5.41, 5.74) is 0. The van der Waals surface area contributed by atoms with Crippen LogP contribution >= 0.6 is 0 Å². The van der Waals surface area contributed by atoms with Gasteiger partial charge in [-0.3, -0.25) is 4.90 Å². The summed E-state index contributed by atoms with van der Waals surface area (Å²) in [6.45, 7) is 14.6. The Morgan fingerprint density at radius 3 is 2.33 bits per heavy atom. The third-order valence-electron chi connectivity index (χ3n) is 4.26. The topological polar surface area (TPSA) is 31.4 Å². The molecule has 1 fully saturated rings. The first-order chi connectivity index (χ1) is 10.1. The monoisotopic (exact) mass is 290 g/mol. The van der Waals surface area contributed by atoms with Gasteiger partial charge < -0.3 is 10.2 Å². The van der Waals surface area contributed by atoms with Crippen LogP contribution < -0.4 is 10.2 Å². The van der Waals surface area contributed by atoms with Crippen molar-refractivity contribution in [3.8, 4) is 0 Å². The van der Waals surface area contributed by atoms with Crippen LogP contribution in [0.5, 0.6) is 0 Å². The Balaban J connectivity index is 1.89. The van der Waals surface area contributed by atoms with Crippen molar-refractivity contribution in [3.63, 3.8) is 0 Å². The van der Waals surface area contributed by atoms with Crippen LogP contribution in [0.15, 0.2) is 24.4 Å². The lowest BCUT2D eigenvalue weighted by atomic mass is 10.0. The van der Waals surface area contributed by atoms with Crippen molar-refractivity contribution < 1.29 is 0 Å². The zero-order valence-corrected chi connectivity index (χ0v) is 13.9. The lowest BCUT2D eigenvalue weighted by Crippen LogP contribution is -2.55. The van der Waals surface area contributed by atoms with E-state index in [0.29, 0.717) is 18.0 Å². The van der Waals surface area contributed by atoms with Gasteiger partial charge >= 0.3 is 0 Å². The zero-order valence-electron chi connectivity index (χ0n) is 13.9. The van der Waals surface area contributed by atoms with E-state index in [9.17, 15) is 0 Å². The van der Waals surface area contributed by atoms with E-state index in [1.165, 1.54) is 0 Å². The predicted molar refractivity (Wildman–Crippen MR) is 89.8 cm³/mol. The van der Waals surface area contributed by atoms with Gasteiger partial charge in [0.1, 0.15) is 5.82 Å². The van der Waals surface area contributed by atoms with E-state index >= 15 is 0 Å². The average Bonchev–Trinajstić information content (AvgIpc) is 2.48. The molecule has 118 valence electrons. The standard InChI is InChI=1S/C17H30N4/c1-14(2)16(13-19-15(3)4)20-9-11-21(12-10-20)17-7-5-6-8-18-17/h5-8,14-16,19H,9-13H2,1-4H3. The van der Waals surface area contributed by atoms with E-state index in [1.54, 1.807) is 0 Å². The molecule has 2 heterocycles. The molecule has 1 N–H and O–H groups in total. The summed E-state index contributed by atoms with van der Waals surface area (Å²) >= 11 is 0. The fraction of sp³-hybridized carbons (Fsp3) is 0.706. The maximum absolute atomic E-state index is 4.46. The Morgan fingerprint density at radius 2 is 1.81 bits per heavy atom. The third-order valence-corrected chi connectivity index (χ3v) is 4.26. The van der Waals surface area contributed by atoms with Gasteiger partial charge in [-0.05, 0) is 18.1 Å². The second kappa shape index (κ2) is 7.76. The molecular weight excluding hydrogens is 260 g/mol. The van der Waals surface area contributed by atoms with Crippen molar-refractivity contribution >= 4 is 5.82 Å². The van der Waals surface area contributed by atoms with Gasteiger partial charge in [-0.15, -0.1) is 0 Å². The van der Waals surface area contributed by atoms with Gasteiger partial charge in [0.15, 0.2) is 0 Å². The quantitative estimate of drug-likeness (QED) is 0.870. The molecule has 0 spiro atoms. The van der Waals surface area contributed by atoms with Gasteiger partial charge in [0.25, 0.3) is 0 Å². The summed E-state index contributed by atoms with van der Waals surface area (Å²) in [5.74, 6) is 1.79. The predicted octanol–water partition coefficient (Wildman–Crippen LogP) is 2.23. The highest BCUT2D eigenvalue weighted by molar-refractivity contribution is 5.38. The highest BCUT2D eigenvalue weighted by atomic mass is 15.3. The molecule has 4 nitrogen and oxygen atoms in total. The lowest BCUT2D eigenvalue weighted by Gasteiger charge is -2.41. The van der Waals surface area contributed by atoms with Crippen LogP contribution in [0.25, 0.3) is 0 Å². The summed E-state index contributed by atoms with van der Waals surface area (Å²) in [5, 5.41) is 3.60. The summed E-state index contributed by atoms with van der Waals surface area (Å²) < 4.78 is 0. The highest BCUT2D eigenvalue weighted by Gasteiger charge is 2.26. The van der Waals surface area contributed by atoms with Gasteiger partial charge in [0.2, 0.25) is 0 Å². The summed E-state index contributed by atoms with van der Waals surface area (Å²) in [6.07, 6.45) is 1.88. The highest BCUT2D eigenvalue weighted by Crippen LogP contribution is 2.17. The van der Waals surface area contributed by atoms with Crippen LogP contribution in [-0.2, 0) is 0 Å². The molecule has 4 heteroatoms. The fourth-order valence-corrected chi connectivity index (χ4v) is 2.97. The lowest BCUT2D eigenvalue weighted by molar-refractivity contribution is 0.141. The van der Waals surface area contributed by atoms with Gasteiger partial charge in [0, 0.05) is 51.0 Å². The Labute approximate surface area is 129 Å². The van der Waals surface area contributed by atoms with Crippen LogP contribution in [0.1, 0.15) is 27.7 Å². The van der Waals surface area contributed by atoms with Gasteiger partial charge in [-0.1, -0.05) is 33.8 Å². The molecule has 1 aromatic rings. The number of anilines is 1. The van der Waals surface area contributed by atoms with Crippen molar-refractivity contribution in [3.05, 3.63) is 24.4 Å². The second-order valence-corrected chi connectivity index (χ2v) is 6.59. The van der Waals surface area contributed by atoms with E-state index in [-0.39, 0.29) is 0 Å². The summed E-state index contributed by atoms with van der Waals surface area (Å²) in [6, 6.07) is 7.33. The molecule has 2 rings (SSSR count). The van der Waals surface area contributed by atoms with Crippen LogP contribution in [0.3, 0.4) is 0 Å². The Morgan fingerprint density at radius 1 is 1.10 bits per heavy atom. The summed E-state index contributed by atoms with van der Waals surface area (Å²) in [4.78, 5) is 9.49. The molecule has 0 amide bonds. The minimum atomic E-state index is 0.557. The van der Waals surface area contributed by atoms with E-state index in [2.05, 4.69) is 59.9 Å². The number of pyridine rings is 1. The number of nitrogens with one attached hydrogen (secondary N) is 1. The van der Waals surface area contributed by atoms with Crippen LogP contribution in [-0.4, -0.2) is 54.7 Å². The molecule has 0 aliphatic carbocycles. The van der Waals surface area contributed by atoms with E-state index in [4.69, 9.17) is 0 Å². The number of piperazine rings is 1. The molecule has 1 aliphatic rings. The molecule has 1 atom stereocenters. The van der Waals surface area contributed by atoms with E-state index < -0.39 is 0 Å². The van der Waals surface area contributed by atoms with Crippen LogP contribution in [0, 0.1) is 5.92 Å². The normalized spacial score (nSPS) is 18.5. The van der Waals surface area contributed by atoms with Crippen molar-refractivity contribution in [1.82, 2.24) is 15.2 Å². The maximum atomic E-state index is 4.46.